The summed E-state index contributed by atoms with van der Waals surface area (Å²) >= 11 is 11.8. The summed E-state index contributed by atoms with van der Waals surface area (Å²) in [5, 5.41) is 0.762. The van der Waals surface area contributed by atoms with Gasteiger partial charge >= 0.3 is 5.97 Å². The first kappa shape index (κ1) is 18.5. The van der Waals surface area contributed by atoms with Gasteiger partial charge in [-0.15, -0.1) is 0 Å². The second-order valence-corrected chi connectivity index (χ2v) is 6.71. The number of carbonyl (C=O) groups is 2. The number of anilines is 1. The zero-order valence-corrected chi connectivity index (χ0v) is 15.6. The van der Waals surface area contributed by atoms with Crippen molar-refractivity contribution in [2.24, 2.45) is 0 Å². The van der Waals surface area contributed by atoms with E-state index in [2.05, 4.69) is 0 Å². The van der Waals surface area contributed by atoms with Gasteiger partial charge in [0.25, 0.3) is 5.91 Å². The van der Waals surface area contributed by atoms with Crippen LogP contribution in [0.3, 0.4) is 0 Å². The molecule has 0 saturated heterocycles. The summed E-state index contributed by atoms with van der Waals surface area (Å²) in [5.41, 5.74) is 1.98. The van der Waals surface area contributed by atoms with Crippen LogP contribution < -0.4 is 9.64 Å². The second-order valence-electron chi connectivity index (χ2n) is 5.86. The van der Waals surface area contributed by atoms with Gasteiger partial charge in [0.2, 0.25) is 0 Å². The third-order valence-corrected chi connectivity index (χ3v) is 4.58. The number of hydrogen-bond donors (Lipinski definition) is 0. The van der Waals surface area contributed by atoms with Crippen LogP contribution in [0, 0.1) is 0 Å². The lowest BCUT2D eigenvalue weighted by molar-refractivity contribution is -0.155. The highest BCUT2D eigenvalue weighted by Crippen LogP contribution is 2.29. The van der Waals surface area contributed by atoms with E-state index in [1.807, 2.05) is 24.3 Å². The standard InChI is InChI=1S/C19H17Cl2NO4/c1-12(19(24)22-9-8-13-4-2-3-5-16(13)22)26-18(23)11-25-17-7-6-14(20)10-15(17)21/h2-7,10,12H,8-9,11H2,1H3/t12-/m0/s1. The maximum Gasteiger partial charge on any atom is 0.344 e. The average molecular weight is 394 g/mol. The summed E-state index contributed by atoms with van der Waals surface area (Å²) in [6.45, 7) is 1.78. The average Bonchev–Trinajstić information content (AvgIpc) is 3.04. The molecule has 136 valence electrons. The highest BCUT2D eigenvalue weighted by molar-refractivity contribution is 6.35. The second kappa shape index (κ2) is 7.98. The lowest BCUT2D eigenvalue weighted by Crippen LogP contribution is -2.39. The lowest BCUT2D eigenvalue weighted by Gasteiger charge is -2.21. The fourth-order valence-electron chi connectivity index (χ4n) is 2.80. The molecular formula is C19H17Cl2NO4. The van der Waals surface area contributed by atoms with Gasteiger partial charge in [-0.3, -0.25) is 4.79 Å². The van der Waals surface area contributed by atoms with Crippen molar-refractivity contribution in [1.29, 1.82) is 0 Å². The number of esters is 1. The number of rotatable bonds is 5. The molecule has 1 aliphatic rings. The molecule has 3 rings (SSSR count). The third-order valence-electron chi connectivity index (χ3n) is 4.05. The van der Waals surface area contributed by atoms with Crippen LogP contribution in [0.15, 0.2) is 42.5 Å². The number of para-hydroxylation sites is 1. The summed E-state index contributed by atoms with van der Waals surface area (Å²) in [7, 11) is 0. The molecule has 7 heteroatoms. The van der Waals surface area contributed by atoms with E-state index < -0.39 is 12.1 Å². The van der Waals surface area contributed by atoms with Gasteiger partial charge in [-0.2, -0.15) is 0 Å². The predicted octanol–water partition coefficient (Wildman–Crippen LogP) is 3.89. The molecular weight excluding hydrogens is 377 g/mol. The van der Waals surface area contributed by atoms with E-state index in [1.165, 1.54) is 6.07 Å². The summed E-state index contributed by atoms with van der Waals surface area (Å²) < 4.78 is 10.5. The Morgan fingerprint density at radius 2 is 1.96 bits per heavy atom. The van der Waals surface area contributed by atoms with Gasteiger partial charge in [0.1, 0.15) is 5.75 Å². The lowest BCUT2D eigenvalue weighted by atomic mass is 10.2. The minimum atomic E-state index is -0.905. The highest BCUT2D eigenvalue weighted by Gasteiger charge is 2.29. The minimum Gasteiger partial charge on any atom is -0.480 e. The van der Waals surface area contributed by atoms with E-state index in [1.54, 1.807) is 24.0 Å². The van der Waals surface area contributed by atoms with Gasteiger partial charge in [-0.1, -0.05) is 41.4 Å². The van der Waals surface area contributed by atoms with Crippen molar-refractivity contribution in [3.8, 4) is 5.75 Å². The molecule has 26 heavy (non-hydrogen) atoms. The Balaban J connectivity index is 1.55. The summed E-state index contributed by atoms with van der Waals surface area (Å²) in [5.74, 6) is -0.586. The van der Waals surface area contributed by atoms with Gasteiger partial charge in [0.15, 0.2) is 12.7 Å². The fourth-order valence-corrected chi connectivity index (χ4v) is 3.26. The van der Waals surface area contributed by atoms with Gasteiger partial charge < -0.3 is 14.4 Å². The number of nitrogens with zero attached hydrogens (tertiary/aromatic N) is 1. The Labute approximate surface area is 161 Å². The largest absolute Gasteiger partial charge is 0.480 e. The first-order chi connectivity index (χ1) is 12.5. The maximum atomic E-state index is 12.6. The predicted molar refractivity (Wildman–Crippen MR) is 100 cm³/mol. The Morgan fingerprint density at radius 3 is 2.73 bits per heavy atom. The van der Waals surface area contributed by atoms with Crippen LogP contribution >= 0.6 is 23.2 Å². The first-order valence-corrected chi connectivity index (χ1v) is 8.88. The van der Waals surface area contributed by atoms with Gasteiger partial charge in [-0.05, 0) is 43.2 Å². The minimum absolute atomic E-state index is 0.257. The van der Waals surface area contributed by atoms with Crippen molar-refractivity contribution in [3.63, 3.8) is 0 Å². The molecule has 0 N–H and O–H groups in total. The van der Waals surface area contributed by atoms with Crippen LogP contribution in [-0.4, -0.2) is 31.1 Å². The molecule has 1 amide bonds. The van der Waals surface area contributed by atoms with Crippen LogP contribution in [-0.2, 0) is 20.7 Å². The Bertz CT molecular complexity index is 840. The summed E-state index contributed by atoms with van der Waals surface area (Å²) in [4.78, 5) is 26.2. The van der Waals surface area contributed by atoms with Crippen molar-refractivity contribution in [3.05, 3.63) is 58.1 Å². The van der Waals surface area contributed by atoms with Crippen molar-refractivity contribution < 1.29 is 19.1 Å². The number of benzene rings is 2. The smallest absolute Gasteiger partial charge is 0.344 e. The van der Waals surface area contributed by atoms with Crippen LogP contribution in [0.2, 0.25) is 10.0 Å². The van der Waals surface area contributed by atoms with Crippen LogP contribution in [0.1, 0.15) is 12.5 Å². The highest BCUT2D eigenvalue weighted by atomic mass is 35.5. The first-order valence-electron chi connectivity index (χ1n) is 8.12. The summed E-state index contributed by atoms with van der Waals surface area (Å²) in [6, 6.07) is 12.4. The number of halogens is 2. The van der Waals surface area contributed by atoms with Crippen molar-refractivity contribution in [2.75, 3.05) is 18.1 Å². The molecule has 0 fully saturated rings. The van der Waals surface area contributed by atoms with Crippen LogP contribution in [0.4, 0.5) is 5.69 Å². The Hall–Kier alpha value is -2.24. The molecule has 2 aromatic carbocycles. The number of hydrogen-bond acceptors (Lipinski definition) is 4. The van der Waals surface area contributed by atoms with Crippen molar-refractivity contribution in [1.82, 2.24) is 0 Å². The SMILES string of the molecule is C[C@H](OC(=O)COc1ccc(Cl)cc1Cl)C(=O)N1CCc2ccccc21. The number of fused-ring (bicyclic) bond motifs is 1. The topological polar surface area (TPSA) is 55.8 Å². The van der Waals surface area contributed by atoms with E-state index in [9.17, 15) is 9.59 Å². The number of carbonyl (C=O) groups excluding carboxylic acids is 2. The zero-order valence-electron chi connectivity index (χ0n) is 14.1. The molecule has 0 aromatic heterocycles. The molecule has 0 saturated carbocycles. The number of ether oxygens (including phenoxy) is 2. The monoisotopic (exact) mass is 393 g/mol. The summed E-state index contributed by atoms with van der Waals surface area (Å²) in [6.07, 6.45) is -0.112. The molecule has 1 heterocycles. The molecule has 0 spiro atoms. The molecule has 2 aromatic rings. The zero-order chi connectivity index (χ0) is 18.7. The van der Waals surface area contributed by atoms with Gasteiger partial charge in [0, 0.05) is 17.3 Å². The van der Waals surface area contributed by atoms with Gasteiger partial charge in [0.05, 0.1) is 5.02 Å². The Kier molecular flexibility index (Phi) is 5.69. The Morgan fingerprint density at radius 1 is 1.19 bits per heavy atom. The molecule has 0 bridgehead atoms. The molecule has 1 aliphatic heterocycles. The fraction of sp³-hybridized carbons (Fsp3) is 0.263. The normalized spacial score (nSPS) is 13.9. The van der Waals surface area contributed by atoms with E-state index in [-0.39, 0.29) is 12.5 Å². The van der Waals surface area contributed by atoms with Crippen LogP contribution in [0.25, 0.3) is 0 Å². The quantitative estimate of drug-likeness (QED) is 0.722. The van der Waals surface area contributed by atoms with Crippen molar-refractivity contribution >= 4 is 40.8 Å². The van der Waals surface area contributed by atoms with E-state index in [0.29, 0.717) is 22.3 Å². The molecule has 0 aliphatic carbocycles. The van der Waals surface area contributed by atoms with Crippen molar-refractivity contribution in [2.45, 2.75) is 19.4 Å². The maximum absolute atomic E-state index is 12.6. The third kappa shape index (κ3) is 4.11. The molecule has 0 radical (unpaired) electrons. The van der Waals surface area contributed by atoms with E-state index >= 15 is 0 Å². The number of amides is 1. The molecule has 0 unspecified atom stereocenters. The van der Waals surface area contributed by atoms with E-state index in [0.717, 1.165) is 17.7 Å². The van der Waals surface area contributed by atoms with Gasteiger partial charge in [-0.25, -0.2) is 4.79 Å². The molecule has 5 nitrogen and oxygen atoms in total. The van der Waals surface area contributed by atoms with E-state index in [4.69, 9.17) is 32.7 Å². The molecule has 1 atom stereocenters. The van der Waals surface area contributed by atoms with Crippen LogP contribution in [0.5, 0.6) is 5.75 Å².